The molecule has 0 spiro atoms. The van der Waals surface area contributed by atoms with Crippen LogP contribution in [-0.2, 0) is 17.9 Å². The minimum Gasteiger partial charge on any atom is -0.338 e. The van der Waals surface area contributed by atoms with Crippen LogP contribution in [0.15, 0.2) is 34.9 Å². The summed E-state index contributed by atoms with van der Waals surface area (Å²) in [4.78, 5) is 30.5. The monoisotopic (exact) mass is 383 g/mol. The highest BCUT2D eigenvalue weighted by Gasteiger charge is 2.33. The minimum atomic E-state index is -0.211. The third-order valence-electron chi connectivity index (χ3n) is 5.37. The molecule has 8 heteroatoms. The first-order valence-electron chi connectivity index (χ1n) is 9.86. The summed E-state index contributed by atoms with van der Waals surface area (Å²) >= 11 is 0. The van der Waals surface area contributed by atoms with Crippen LogP contribution in [0.3, 0.4) is 0 Å². The molecule has 2 aromatic rings. The molecule has 4 rings (SSSR count). The molecular formula is C20H25N5O3. The van der Waals surface area contributed by atoms with Crippen LogP contribution in [0.1, 0.15) is 55.3 Å². The Bertz CT molecular complexity index is 816. The number of amides is 3. The number of nitrogens with one attached hydrogen (secondary N) is 2. The fourth-order valence-corrected chi connectivity index (χ4v) is 3.87. The maximum Gasteiger partial charge on any atom is 0.315 e. The SMILES string of the molecule is O=C(NCc1nc([C@@H]2CC(=O)N(Cc3ccccc3)C2)no1)NC1CCCC1. The Morgan fingerprint density at radius 2 is 2.00 bits per heavy atom. The third-order valence-corrected chi connectivity index (χ3v) is 5.37. The molecular weight excluding hydrogens is 358 g/mol. The van der Waals surface area contributed by atoms with Gasteiger partial charge in [-0.3, -0.25) is 4.79 Å². The van der Waals surface area contributed by atoms with E-state index >= 15 is 0 Å². The molecule has 148 valence electrons. The van der Waals surface area contributed by atoms with E-state index in [9.17, 15) is 9.59 Å². The van der Waals surface area contributed by atoms with Gasteiger partial charge >= 0.3 is 6.03 Å². The molecule has 8 nitrogen and oxygen atoms in total. The Morgan fingerprint density at radius 1 is 1.21 bits per heavy atom. The maximum absolute atomic E-state index is 12.3. The molecule has 1 aliphatic heterocycles. The summed E-state index contributed by atoms with van der Waals surface area (Å²) < 4.78 is 5.25. The number of urea groups is 1. The van der Waals surface area contributed by atoms with Crippen LogP contribution in [0.4, 0.5) is 4.79 Å². The normalized spacial score (nSPS) is 19.9. The van der Waals surface area contributed by atoms with Crippen molar-refractivity contribution in [1.29, 1.82) is 0 Å². The summed E-state index contributed by atoms with van der Waals surface area (Å²) in [5, 5.41) is 9.73. The number of hydrogen-bond acceptors (Lipinski definition) is 5. The number of carbonyl (C=O) groups excluding carboxylic acids is 2. The summed E-state index contributed by atoms with van der Waals surface area (Å²) in [6.45, 7) is 1.34. The van der Waals surface area contributed by atoms with Gasteiger partial charge in [-0.15, -0.1) is 0 Å². The zero-order valence-corrected chi connectivity index (χ0v) is 15.8. The molecule has 2 N–H and O–H groups in total. The lowest BCUT2D eigenvalue weighted by molar-refractivity contribution is -0.128. The second-order valence-corrected chi connectivity index (χ2v) is 7.52. The topological polar surface area (TPSA) is 100 Å². The van der Waals surface area contributed by atoms with E-state index in [2.05, 4.69) is 20.8 Å². The van der Waals surface area contributed by atoms with Crippen LogP contribution in [0.25, 0.3) is 0 Å². The van der Waals surface area contributed by atoms with Gasteiger partial charge in [0, 0.05) is 31.5 Å². The highest BCUT2D eigenvalue weighted by Crippen LogP contribution is 2.27. The molecule has 1 aromatic heterocycles. The van der Waals surface area contributed by atoms with Gasteiger partial charge in [0.2, 0.25) is 11.8 Å². The van der Waals surface area contributed by atoms with Crippen molar-refractivity contribution in [2.24, 2.45) is 0 Å². The van der Waals surface area contributed by atoms with E-state index in [-0.39, 0.29) is 30.4 Å². The Morgan fingerprint density at radius 3 is 2.79 bits per heavy atom. The van der Waals surface area contributed by atoms with Crippen LogP contribution >= 0.6 is 0 Å². The van der Waals surface area contributed by atoms with Crippen molar-refractivity contribution < 1.29 is 14.1 Å². The predicted octanol–water partition coefficient (Wildman–Crippen LogP) is 2.33. The Balaban J connectivity index is 1.28. The van der Waals surface area contributed by atoms with Crippen molar-refractivity contribution >= 4 is 11.9 Å². The van der Waals surface area contributed by atoms with Crippen molar-refractivity contribution in [3.8, 4) is 0 Å². The van der Waals surface area contributed by atoms with Gasteiger partial charge in [0.25, 0.3) is 0 Å². The lowest BCUT2D eigenvalue weighted by Crippen LogP contribution is -2.40. The summed E-state index contributed by atoms with van der Waals surface area (Å²) in [5.41, 5.74) is 1.10. The Kier molecular flexibility index (Phi) is 5.55. The average Bonchev–Trinajstić information content (AvgIpc) is 3.43. The van der Waals surface area contributed by atoms with Crippen molar-refractivity contribution in [1.82, 2.24) is 25.7 Å². The van der Waals surface area contributed by atoms with Gasteiger partial charge in [0.05, 0.1) is 6.54 Å². The average molecular weight is 383 g/mol. The number of aromatic nitrogens is 2. The summed E-state index contributed by atoms with van der Waals surface area (Å²) in [7, 11) is 0. The Hall–Kier alpha value is -2.90. The molecule has 1 saturated carbocycles. The molecule has 2 heterocycles. The highest BCUT2D eigenvalue weighted by molar-refractivity contribution is 5.79. The number of nitrogens with zero attached hydrogens (tertiary/aromatic N) is 3. The van der Waals surface area contributed by atoms with Crippen LogP contribution in [0.2, 0.25) is 0 Å². The van der Waals surface area contributed by atoms with E-state index in [1.807, 2.05) is 35.2 Å². The number of benzene rings is 1. The lowest BCUT2D eigenvalue weighted by atomic mass is 10.1. The van der Waals surface area contributed by atoms with Gasteiger partial charge in [-0.2, -0.15) is 4.98 Å². The van der Waals surface area contributed by atoms with E-state index in [0.717, 1.165) is 18.4 Å². The summed E-state index contributed by atoms with van der Waals surface area (Å²) in [6.07, 6.45) is 4.78. The van der Waals surface area contributed by atoms with Gasteiger partial charge in [0.15, 0.2) is 5.82 Å². The van der Waals surface area contributed by atoms with Gasteiger partial charge in [0.1, 0.15) is 0 Å². The molecule has 1 saturated heterocycles. The molecule has 0 radical (unpaired) electrons. The zero-order valence-electron chi connectivity index (χ0n) is 15.8. The number of carbonyl (C=O) groups is 2. The van der Waals surface area contributed by atoms with E-state index < -0.39 is 0 Å². The summed E-state index contributed by atoms with van der Waals surface area (Å²) in [5.74, 6) is 0.887. The lowest BCUT2D eigenvalue weighted by Gasteiger charge is -2.15. The van der Waals surface area contributed by atoms with Crippen molar-refractivity contribution in [2.75, 3.05) is 6.54 Å². The quantitative estimate of drug-likeness (QED) is 0.797. The van der Waals surface area contributed by atoms with Gasteiger partial charge in [-0.05, 0) is 18.4 Å². The molecule has 2 aliphatic rings. The number of likely N-dealkylation sites (tertiary alicyclic amines) is 1. The largest absolute Gasteiger partial charge is 0.338 e. The molecule has 1 aliphatic carbocycles. The van der Waals surface area contributed by atoms with E-state index in [1.54, 1.807) is 0 Å². The number of rotatable bonds is 6. The molecule has 28 heavy (non-hydrogen) atoms. The van der Waals surface area contributed by atoms with Gasteiger partial charge < -0.3 is 20.1 Å². The fourth-order valence-electron chi connectivity index (χ4n) is 3.87. The predicted molar refractivity (Wildman–Crippen MR) is 101 cm³/mol. The Labute approximate surface area is 163 Å². The van der Waals surface area contributed by atoms with Crippen molar-refractivity contribution in [3.05, 3.63) is 47.6 Å². The van der Waals surface area contributed by atoms with Crippen molar-refractivity contribution in [3.63, 3.8) is 0 Å². The van der Waals surface area contributed by atoms with Crippen LogP contribution in [0.5, 0.6) is 0 Å². The molecule has 0 unspecified atom stereocenters. The first-order valence-corrected chi connectivity index (χ1v) is 9.86. The smallest absolute Gasteiger partial charge is 0.315 e. The molecule has 3 amide bonds. The van der Waals surface area contributed by atoms with Gasteiger partial charge in [-0.1, -0.05) is 48.3 Å². The van der Waals surface area contributed by atoms with Crippen LogP contribution in [0, 0.1) is 0 Å². The van der Waals surface area contributed by atoms with E-state index in [1.165, 1.54) is 12.8 Å². The van der Waals surface area contributed by atoms with Crippen molar-refractivity contribution in [2.45, 2.75) is 57.2 Å². The zero-order chi connectivity index (χ0) is 19.3. The number of hydrogen-bond donors (Lipinski definition) is 2. The first kappa shape index (κ1) is 18.5. The van der Waals surface area contributed by atoms with E-state index in [4.69, 9.17) is 4.52 Å². The highest BCUT2D eigenvalue weighted by atomic mass is 16.5. The second-order valence-electron chi connectivity index (χ2n) is 7.52. The third kappa shape index (κ3) is 4.49. The standard InChI is InChI=1S/C20H25N5O3/c26-18-10-15(13-25(18)12-14-6-2-1-3-7-14)19-23-17(28-24-19)11-21-20(27)22-16-8-4-5-9-16/h1-3,6-7,15-16H,4-5,8-13H2,(H2,21,22,27)/t15-/m1/s1. The summed E-state index contributed by atoms with van der Waals surface area (Å²) in [6, 6.07) is 9.96. The molecule has 1 aromatic carbocycles. The molecule has 0 bridgehead atoms. The van der Waals surface area contributed by atoms with Gasteiger partial charge in [-0.25, -0.2) is 4.79 Å². The second kappa shape index (κ2) is 8.41. The van der Waals surface area contributed by atoms with E-state index in [0.29, 0.717) is 31.2 Å². The van der Waals surface area contributed by atoms with Crippen LogP contribution in [-0.4, -0.2) is 39.6 Å². The van der Waals surface area contributed by atoms with Crippen LogP contribution < -0.4 is 10.6 Å². The maximum atomic E-state index is 12.3. The first-order chi connectivity index (χ1) is 13.7. The molecule has 1 atom stereocenters. The minimum absolute atomic E-state index is 0.0824. The fraction of sp³-hybridized carbons (Fsp3) is 0.500. The molecule has 2 fully saturated rings.